The van der Waals surface area contributed by atoms with E-state index in [2.05, 4.69) is 49.0 Å². The van der Waals surface area contributed by atoms with E-state index in [9.17, 15) is 9.18 Å². The molecule has 0 aliphatic carbocycles. The number of nitrogens with one attached hydrogen (secondary N) is 1. The average molecular weight is 455 g/mol. The Kier molecular flexibility index (Phi) is 7.29. The van der Waals surface area contributed by atoms with E-state index < -0.39 is 6.09 Å². The Morgan fingerprint density at radius 1 is 1.17 bits per heavy atom. The number of ether oxygens (including phenoxy) is 1. The highest BCUT2D eigenvalue weighted by molar-refractivity contribution is 9.11. The number of halogens is 3. The Morgan fingerprint density at radius 2 is 1.83 bits per heavy atom. The molecule has 1 N–H and O–H groups in total. The summed E-state index contributed by atoms with van der Waals surface area (Å²) >= 11 is 6.54. The Hall–Kier alpha value is -1.84. The van der Waals surface area contributed by atoms with E-state index in [4.69, 9.17) is 4.74 Å². The van der Waals surface area contributed by atoms with Gasteiger partial charge in [-0.15, -0.1) is 0 Å². The summed E-state index contributed by atoms with van der Waals surface area (Å²) in [4.78, 5) is 11.6. The zero-order chi connectivity index (χ0) is 17.4. The van der Waals surface area contributed by atoms with Crippen LogP contribution < -0.4 is 5.32 Å². The molecule has 24 heavy (non-hydrogen) atoms. The Bertz CT molecular complexity index is 747. The number of carbonyl (C=O) groups excluding carboxylic acids is 1. The molecule has 0 saturated heterocycles. The molecule has 1 amide bonds. The van der Waals surface area contributed by atoms with Gasteiger partial charge in [0.05, 0.1) is 5.56 Å². The van der Waals surface area contributed by atoms with Crippen LogP contribution in [0.5, 0.6) is 0 Å². The molecule has 0 saturated carbocycles. The van der Waals surface area contributed by atoms with Gasteiger partial charge in [-0.1, -0.05) is 42.2 Å². The lowest BCUT2D eigenvalue weighted by atomic mass is 10.2. The summed E-state index contributed by atoms with van der Waals surface area (Å²) in [6, 6.07) is 12.2. The standard InChI is InChI=1S/C18H14Br2FNO2/c19-16-10-14(21)11-17(20)15(16)8-4-5-9-22-18(23)24-12-13-6-2-1-3-7-13/h1-3,6-7,10-11H,5,9,12H2,(H,22,23). The molecule has 0 aromatic heterocycles. The number of rotatable bonds is 4. The molecule has 0 spiro atoms. The van der Waals surface area contributed by atoms with Gasteiger partial charge < -0.3 is 10.1 Å². The number of hydrogen-bond donors (Lipinski definition) is 1. The van der Waals surface area contributed by atoms with Crippen molar-refractivity contribution in [3.63, 3.8) is 0 Å². The van der Waals surface area contributed by atoms with E-state index >= 15 is 0 Å². The first-order valence-electron chi connectivity index (χ1n) is 7.14. The quantitative estimate of drug-likeness (QED) is 0.520. The molecule has 2 aromatic carbocycles. The maximum Gasteiger partial charge on any atom is 0.407 e. The predicted molar refractivity (Wildman–Crippen MR) is 97.9 cm³/mol. The van der Waals surface area contributed by atoms with Crippen LogP contribution in [0.4, 0.5) is 9.18 Å². The number of amides is 1. The minimum Gasteiger partial charge on any atom is -0.445 e. The molecule has 0 fully saturated rings. The Morgan fingerprint density at radius 3 is 2.50 bits per heavy atom. The summed E-state index contributed by atoms with van der Waals surface area (Å²) in [6.07, 6.45) is -0.0266. The van der Waals surface area contributed by atoms with Crippen LogP contribution in [0.3, 0.4) is 0 Å². The Balaban J connectivity index is 1.74. The largest absolute Gasteiger partial charge is 0.445 e. The fourth-order valence-corrected chi connectivity index (χ4v) is 3.14. The molecule has 0 aliphatic heterocycles. The van der Waals surface area contributed by atoms with Crippen LogP contribution in [0.2, 0.25) is 0 Å². The van der Waals surface area contributed by atoms with Gasteiger partial charge in [-0.25, -0.2) is 9.18 Å². The van der Waals surface area contributed by atoms with Crippen LogP contribution in [0.15, 0.2) is 51.4 Å². The summed E-state index contributed by atoms with van der Waals surface area (Å²) in [7, 11) is 0. The fraction of sp³-hybridized carbons (Fsp3) is 0.167. The molecule has 2 aromatic rings. The maximum absolute atomic E-state index is 13.2. The number of hydrogen-bond acceptors (Lipinski definition) is 2. The van der Waals surface area contributed by atoms with Gasteiger partial charge in [-0.3, -0.25) is 0 Å². The molecule has 0 atom stereocenters. The second-order valence-electron chi connectivity index (χ2n) is 4.78. The SMILES string of the molecule is O=C(NCCC#Cc1c(Br)cc(F)cc1Br)OCc1ccccc1. The summed E-state index contributed by atoms with van der Waals surface area (Å²) in [5.74, 6) is 5.52. The zero-order valence-corrected chi connectivity index (χ0v) is 15.8. The third kappa shape index (κ3) is 5.99. The van der Waals surface area contributed by atoms with Gasteiger partial charge in [-0.2, -0.15) is 0 Å². The van der Waals surface area contributed by atoms with Crippen molar-refractivity contribution < 1.29 is 13.9 Å². The number of benzene rings is 2. The van der Waals surface area contributed by atoms with E-state index in [1.807, 2.05) is 30.3 Å². The molecule has 124 valence electrons. The second kappa shape index (κ2) is 9.45. The van der Waals surface area contributed by atoms with Gasteiger partial charge in [0.2, 0.25) is 0 Å². The molecule has 0 unspecified atom stereocenters. The number of alkyl carbamates (subject to hydrolysis) is 1. The topological polar surface area (TPSA) is 38.3 Å². The van der Waals surface area contributed by atoms with Gasteiger partial charge in [0.15, 0.2) is 0 Å². The minimum absolute atomic E-state index is 0.230. The molecule has 6 heteroatoms. The second-order valence-corrected chi connectivity index (χ2v) is 6.49. The Labute approximate surface area is 156 Å². The highest BCUT2D eigenvalue weighted by atomic mass is 79.9. The lowest BCUT2D eigenvalue weighted by Gasteiger charge is -2.05. The summed E-state index contributed by atoms with van der Waals surface area (Å²) in [5, 5.41) is 2.63. The van der Waals surface area contributed by atoms with E-state index in [-0.39, 0.29) is 12.4 Å². The van der Waals surface area contributed by atoms with E-state index in [1.165, 1.54) is 12.1 Å². The van der Waals surface area contributed by atoms with Crippen LogP contribution in [0.25, 0.3) is 0 Å². The van der Waals surface area contributed by atoms with Crippen molar-refractivity contribution in [2.24, 2.45) is 0 Å². The van der Waals surface area contributed by atoms with Crippen molar-refractivity contribution in [3.05, 3.63) is 68.4 Å². The average Bonchev–Trinajstić information content (AvgIpc) is 2.55. The van der Waals surface area contributed by atoms with Gasteiger partial charge in [0, 0.05) is 21.9 Å². The van der Waals surface area contributed by atoms with Crippen LogP contribution in [-0.4, -0.2) is 12.6 Å². The molecule has 2 rings (SSSR count). The molecular weight excluding hydrogens is 441 g/mol. The van der Waals surface area contributed by atoms with Crippen LogP contribution in [0, 0.1) is 17.7 Å². The van der Waals surface area contributed by atoms with Crippen molar-refractivity contribution in [1.29, 1.82) is 0 Å². The van der Waals surface area contributed by atoms with Crippen LogP contribution in [-0.2, 0) is 11.3 Å². The van der Waals surface area contributed by atoms with E-state index in [0.29, 0.717) is 27.5 Å². The van der Waals surface area contributed by atoms with Crippen molar-refractivity contribution in [3.8, 4) is 11.8 Å². The van der Waals surface area contributed by atoms with Crippen LogP contribution >= 0.6 is 31.9 Å². The summed E-state index contributed by atoms with van der Waals surface area (Å²) < 4.78 is 19.4. The fourth-order valence-electron chi connectivity index (χ4n) is 1.81. The first kappa shape index (κ1) is 18.5. The van der Waals surface area contributed by atoms with Crippen molar-refractivity contribution in [2.45, 2.75) is 13.0 Å². The lowest BCUT2D eigenvalue weighted by Crippen LogP contribution is -2.24. The molecule has 0 heterocycles. The van der Waals surface area contributed by atoms with Crippen molar-refractivity contribution >= 4 is 38.0 Å². The normalized spacial score (nSPS) is 9.79. The monoisotopic (exact) mass is 453 g/mol. The van der Waals surface area contributed by atoms with Gasteiger partial charge in [-0.05, 0) is 49.6 Å². The predicted octanol–water partition coefficient (Wildman–Crippen LogP) is 5.02. The smallest absolute Gasteiger partial charge is 0.407 e. The van der Waals surface area contributed by atoms with Crippen molar-refractivity contribution in [1.82, 2.24) is 5.32 Å². The van der Waals surface area contributed by atoms with Gasteiger partial charge in [0.1, 0.15) is 12.4 Å². The molecular formula is C18H14Br2FNO2. The van der Waals surface area contributed by atoms with Gasteiger partial charge in [0.25, 0.3) is 0 Å². The highest BCUT2D eigenvalue weighted by Gasteiger charge is 2.05. The number of carbonyl (C=O) groups is 1. The molecule has 0 aliphatic rings. The molecule has 3 nitrogen and oxygen atoms in total. The molecule has 0 bridgehead atoms. The maximum atomic E-state index is 13.2. The third-order valence-electron chi connectivity index (χ3n) is 2.95. The molecule has 0 radical (unpaired) electrons. The van der Waals surface area contributed by atoms with Crippen molar-refractivity contribution in [2.75, 3.05) is 6.54 Å². The first-order chi connectivity index (χ1) is 11.6. The van der Waals surface area contributed by atoms with E-state index in [0.717, 1.165) is 5.56 Å². The highest BCUT2D eigenvalue weighted by Crippen LogP contribution is 2.25. The zero-order valence-electron chi connectivity index (χ0n) is 12.6. The minimum atomic E-state index is -0.482. The van der Waals surface area contributed by atoms with Gasteiger partial charge >= 0.3 is 6.09 Å². The summed E-state index contributed by atoms with van der Waals surface area (Å²) in [6.45, 7) is 0.602. The van der Waals surface area contributed by atoms with Crippen LogP contribution in [0.1, 0.15) is 17.5 Å². The van der Waals surface area contributed by atoms with E-state index in [1.54, 1.807) is 0 Å². The lowest BCUT2D eigenvalue weighted by molar-refractivity contribution is 0.140. The third-order valence-corrected chi connectivity index (χ3v) is 4.20. The summed E-state index contributed by atoms with van der Waals surface area (Å²) in [5.41, 5.74) is 1.60. The first-order valence-corrected chi connectivity index (χ1v) is 8.73.